The van der Waals surface area contributed by atoms with Gasteiger partial charge < -0.3 is 4.74 Å². The van der Waals surface area contributed by atoms with Crippen molar-refractivity contribution < 1.29 is 9.53 Å². The summed E-state index contributed by atoms with van der Waals surface area (Å²) in [6, 6.07) is 0. The Morgan fingerprint density at radius 1 is 1.20 bits per heavy atom. The van der Waals surface area contributed by atoms with E-state index in [1.807, 2.05) is 26.8 Å². The van der Waals surface area contributed by atoms with Crippen molar-refractivity contribution in [2.24, 2.45) is 17.3 Å². The lowest BCUT2D eigenvalue weighted by atomic mass is 9.76. The summed E-state index contributed by atoms with van der Waals surface area (Å²) >= 11 is 0. The molecule has 0 N–H and O–H groups in total. The molecule has 116 valence electrons. The summed E-state index contributed by atoms with van der Waals surface area (Å²) in [4.78, 5) is 11.8. The maximum Gasteiger partial charge on any atom is 0.313 e. The van der Waals surface area contributed by atoms with E-state index in [9.17, 15) is 4.79 Å². The van der Waals surface area contributed by atoms with Gasteiger partial charge in [-0.3, -0.25) is 4.79 Å². The van der Waals surface area contributed by atoms with E-state index in [4.69, 9.17) is 4.74 Å². The van der Waals surface area contributed by atoms with Crippen LogP contribution < -0.4 is 0 Å². The molecule has 0 radical (unpaired) electrons. The first-order valence-electron chi connectivity index (χ1n) is 7.86. The molecule has 0 bridgehead atoms. The van der Waals surface area contributed by atoms with Gasteiger partial charge in [-0.25, -0.2) is 0 Å². The zero-order valence-electron chi connectivity index (χ0n) is 14.3. The van der Waals surface area contributed by atoms with Crippen LogP contribution in [0, 0.1) is 17.3 Å². The number of carbonyl (C=O) groups is 1. The molecular weight excluding hydrogens is 248 g/mol. The van der Waals surface area contributed by atoms with Crippen molar-refractivity contribution in [2.45, 2.75) is 73.8 Å². The molecule has 0 aliphatic rings. The van der Waals surface area contributed by atoms with Gasteiger partial charge in [0, 0.05) is 0 Å². The Bertz CT molecular complexity index is 346. The van der Waals surface area contributed by atoms with E-state index >= 15 is 0 Å². The fraction of sp³-hybridized carbons (Fsp3) is 0.778. The minimum Gasteiger partial charge on any atom is -0.463 e. The smallest absolute Gasteiger partial charge is 0.313 e. The monoisotopic (exact) mass is 280 g/mol. The molecule has 2 atom stereocenters. The van der Waals surface area contributed by atoms with Gasteiger partial charge in [-0.1, -0.05) is 41.0 Å². The van der Waals surface area contributed by atoms with Gasteiger partial charge in [0.2, 0.25) is 0 Å². The average Bonchev–Trinajstić information content (AvgIpc) is 2.36. The predicted octanol–water partition coefficient (Wildman–Crippen LogP) is 5.14. The summed E-state index contributed by atoms with van der Waals surface area (Å²) in [5.74, 6) is 0.346. The molecule has 0 saturated heterocycles. The Hall–Kier alpha value is -1.01. The van der Waals surface area contributed by atoms with Crippen LogP contribution in [0.25, 0.3) is 0 Å². The van der Waals surface area contributed by atoms with Gasteiger partial charge in [0.25, 0.3) is 0 Å². The fourth-order valence-corrected chi connectivity index (χ4v) is 1.93. The van der Waals surface area contributed by atoms with Crippen LogP contribution in [0.3, 0.4) is 0 Å². The van der Waals surface area contributed by atoms with Crippen molar-refractivity contribution in [1.29, 1.82) is 0 Å². The zero-order chi connectivity index (χ0) is 15.8. The van der Waals surface area contributed by atoms with Gasteiger partial charge in [-0.15, -0.1) is 5.73 Å². The molecule has 2 heteroatoms. The first kappa shape index (κ1) is 19.0. The lowest BCUT2D eigenvalue weighted by Crippen LogP contribution is -2.20. The number of ether oxygens (including phenoxy) is 1. The van der Waals surface area contributed by atoms with Gasteiger partial charge in [-0.05, 0) is 50.2 Å². The second kappa shape index (κ2) is 9.02. The Balaban J connectivity index is 4.58. The van der Waals surface area contributed by atoms with E-state index in [2.05, 4.69) is 39.5 Å². The normalized spacial score (nSPS) is 14.4. The van der Waals surface area contributed by atoms with Crippen LogP contribution in [0.2, 0.25) is 0 Å². The van der Waals surface area contributed by atoms with E-state index in [0.29, 0.717) is 5.92 Å². The lowest BCUT2D eigenvalue weighted by Gasteiger charge is -2.29. The molecule has 0 heterocycles. The molecule has 0 rings (SSSR count). The van der Waals surface area contributed by atoms with Gasteiger partial charge >= 0.3 is 5.97 Å². The highest BCUT2D eigenvalue weighted by Gasteiger charge is 2.22. The Morgan fingerprint density at radius 3 is 2.25 bits per heavy atom. The van der Waals surface area contributed by atoms with Crippen LogP contribution >= 0.6 is 0 Å². The molecular formula is C18H32O2. The molecule has 0 amide bonds. The maximum absolute atomic E-state index is 11.8. The lowest BCUT2D eigenvalue weighted by molar-refractivity contribution is -0.150. The van der Waals surface area contributed by atoms with Crippen LogP contribution in [-0.4, -0.2) is 12.1 Å². The van der Waals surface area contributed by atoms with E-state index in [0.717, 1.165) is 12.8 Å². The number of esters is 1. The van der Waals surface area contributed by atoms with Gasteiger partial charge in [0.15, 0.2) is 0 Å². The SMILES string of the molecule is CCC(C=C=CCC(C)(C)C(C)CC)C(=O)OC(C)C. The summed E-state index contributed by atoms with van der Waals surface area (Å²) < 4.78 is 5.23. The number of rotatable bonds is 8. The third-order valence-electron chi connectivity index (χ3n) is 4.08. The summed E-state index contributed by atoms with van der Waals surface area (Å²) in [5.41, 5.74) is 3.45. The van der Waals surface area contributed by atoms with Crippen molar-refractivity contribution in [3.8, 4) is 0 Å². The molecule has 0 aromatic carbocycles. The van der Waals surface area contributed by atoms with Crippen molar-refractivity contribution in [3.63, 3.8) is 0 Å². The Kier molecular flexibility index (Phi) is 8.57. The molecule has 2 unspecified atom stereocenters. The third-order valence-corrected chi connectivity index (χ3v) is 4.08. The first-order chi connectivity index (χ1) is 9.24. The fourth-order valence-electron chi connectivity index (χ4n) is 1.93. The van der Waals surface area contributed by atoms with E-state index in [-0.39, 0.29) is 23.4 Å². The quantitative estimate of drug-likeness (QED) is 0.454. The van der Waals surface area contributed by atoms with Crippen LogP contribution in [-0.2, 0) is 9.53 Å². The first-order valence-corrected chi connectivity index (χ1v) is 7.86. The highest BCUT2D eigenvalue weighted by molar-refractivity contribution is 5.74. The second-order valence-corrected chi connectivity index (χ2v) is 6.54. The third kappa shape index (κ3) is 6.96. The molecule has 0 fully saturated rings. The second-order valence-electron chi connectivity index (χ2n) is 6.54. The number of carbonyl (C=O) groups excluding carboxylic acids is 1. The largest absolute Gasteiger partial charge is 0.463 e. The minimum absolute atomic E-state index is 0.0572. The standard InChI is InChI=1S/C18H32O2/c1-8-15(5)18(6,7)13-11-10-12-16(9-2)17(19)20-14(3)4/h11-12,14-16H,8-9,13H2,1-7H3. The number of hydrogen-bond acceptors (Lipinski definition) is 2. The molecule has 2 nitrogen and oxygen atoms in total. The molecule has 20 heavy (non-hydrogen) atoms. The van der Waals surface area contributed by atoms with Crippen molar-refractivity contribution in [2.75, 3.05) is 0 Å². The zero-order valence-corrected chi connectivity index (χ0v) is 14.3. The van der Waals surface area contributed by atoms with E-state index in [1.165, 1.54) is 6.42 Å². The molecule has 0 saturated carbocycles. The van der Waals surface area contributed by atoms with Crippen LogP contribution in [0.15, 0.2) is 17.9 Å². The summed E-state index contributed by atoms with van der Waals surface area (Å²) in [6.45, 7) is 14.8. The molecule has 0 spiro atoms. The minimum atomic E-state index is -0.180. The van der Waals surface area contributed by atoms with E-state index in [1.54, 1.807) is 0 Å². The Morgan fingerprint density at radius 2 is 1.80 bits per heavy atom. The van der Waals surface area contributed by atoms with Crippen LogP contribution in [0.5, 0.6) is 0 Å². The van der Waals surface area contributed by atoms with Crippen molar-refractivity contribution in [1.82, 2.24) is 0 Å². The maximum atomic E-state index is 11.8. The van der Waals surface area contributed by atoms with Crippen molar-refractivity contribution in [3.05, 3.63) is 17.9 Å². The topological polar surface area (TPSA) is 26.3 Å². The van der Waals surface area contributed by atoms with Crippen molar-refractivity contribution >= 4 is 5.97 Å². The summed E-state index contributed by atoms with van der Waals surface area (Å²) in [6.07, 6.45) is 6.76. The average molecular weight is 280 g/mol. The van der Waals surface area contributed by atoms with Gasteiger partial charge in [-0.2, -0.15) is 0 Å². The predicted molar refractivity (Wildman–Crippen MR) is 85.5 cm³/mol. The van der Waals surface area contributed by atoms with Gasteiger partial charge in [0.1, 0.15) is 0 Å². The highest BCUT2D eigenvalue weighted by Crippen LogP contribution is 2.32. The summed E-state index contributed by atoms with van der Waals surface area (Å²) in [7, 11) is 0. The molecule has 0 aliphatic carbocycles. The molecule has 0 aromatic rings. The Labute approximate surface area is 125 Å². The van der Waals surface area contributed by atoms with Gasteiger partial charge in [0.05, 0.1) is 12.0 Å². The van der Waals surface area contributed by atoms with Crippen LogP contribution in [0.1, 0.15) is 67.7 Å². The highest BCUT2D eigenvalue weighted by atomic mass is 16.5. The van der Waals surface area contributed by atoms with Crippen LogP contribution in [0.4, 0.5) is 0 Å². The molecule has 0 aliphatic heterocycles. The molecule has 0 aromatic heterocycles. The number of hydrogen-bond donors (Lipinski definition) is 0. The summed E-state index contributed by atoms with van der Waals surface area (Å²) in [5, 5.41) is 0. The van der Waals surface area contributed by atoms with E-state index < -0.39 is 0 Å².